The molecule has 0 radical (unpaired) electrons. The van der Waals surface area contributed by atoms with Crippen molar-refractivity contribution in [1.82, 2.24) is 4.90 Å². The molecule has 3 heteroatoms. The van der Waals surface area contributed by atoms with Gasteiger partial charge in [0.1, 0.15) is 11.9 Å². The van der Waals surface area contributed by atoms with E-state index in [0.717, 1.165) is 37.4 Å². The van der Waals surface area contributed by atoms with Gasteiger partial charge in [0.25, 0.3) is 0 Å². The molecule has 0 amide bonds. The van der Waals surface area contributed by atoms with E-state index in [9.17, 15) is 5.11 Å². The summed E-state index contributed by atoms with van der Waals surface area (Å²) in [4.78, 5) is 2.28. The molecule has 1 aliphatic rings. The summed E-state index contributed by atoms with van der Waals surface area (Å²) >= 11 is 0. The van der Waals surface area contributed by atoms with Crippen LogP contribution < -0.4 is 4.74 Å². The van der Waals surface area contributed by atoms with Crippen LogP contribution in [-0.2, 0) is 6.42 Å². The number of ether oxygens (including phenoxy) is 1. The van der Waals surface area contributed by atoms with Crippen molar-refractivity contribution in [2.24, 2.45) is 0 Å². The number of rotatable bonds is 5. The summed E-state index contributed by atoms with van der Waals surface area (Å²) in [5.74, 6) is 0.898. The molecule has 106 valence electrons. The molecule has 0 aromatic heterocycles. The van der Waals surface area contributed by atoms with Gasteiger partial charge in [0.2, 0.25) is 0 Å². The third-order valence-electron chi connectivity index (χ3n) is 4.29. The highest BCUT2D eigenvalue weighted by molar-refractivity contribution is 5.46. The molecule has 0 bridgehead atoms. The lowest BCUT2D eigenvalue weighted by Gasteiger charge is -2.41. The summed E-state index contributed by atoms with van der Waals surface area (Å²) in [7, 11) is 0. The minimum absolute atomic E-state index is 0.301. The fourth-order valence-electron chi connectivity index (χ4n) is 3.05. The van der Waals surface area contributed by atoms with Crippen molar-refractivity contribution in [2.75, 3.05) is 19.7 Å². The van der Waals surface area contributed by atoms with Gasteiger partial charge in [0, 0.05) is 17.5 Å². The van der Waals surface area contributed by atoms with Crippen LogP contribution in [-0.4, -0.2) is 35.2 Å². The lowest BCUT2D eigenvalue weighted by atomic mass is 9.88. The first-order chi connectivity index (χ1) is 9.02. The molecular weight excluding hydrogens is 238 g/mol. The third-order valence-corrected chi connectivity index (χ3v) is 4.29. The van der Waals surface area contributed by atoms with Gasteiger partial charge in [-0.05, 0) is 32.5 Å². The summed E-state index contributed by atoms with van der Waals surface area (Å²) in [5, 5.41) is 10.8. The second-order valence-corrected chi connectivity index (χ2v) is 5.66. The summed E-state index contributed by atoms with van der Waals surface area (Å²) in [5.41, 5.74) is 1.84. The molecule has 1 aliphatic heterocycles. The van der Waals surface area contributed by atoms with Crippen molar-refractivity contribution in [3.8, 4) is 5.75 Å². The minimum Gasteiger partial charge on any atom is -0.493 e. The van der Waals surface area contributed by atoms with Gasteiger partial charge in [0.15, 0.2) is 0 Å². The van der Waals surface area contributed by atoms with E-state index in [0.29, 0.717) is 0 Å². The van der Waals surface area contributed by atoms with Crippen LogP contribution in [0.3, 0.4) is 0 Å². The van der Waals surface area contributed by atoms with Gasteiger partial charge in [0.05, 0.1) is 6.61 Å². The minimum atomic E-state index is -0.541. The molecule has 1 unspecified atom stereocenters. The van der Waals surface area contributed by atoms with Crippen LogP contribution in [0.15, 0.2) is 18.2 Å². The van der Waals surface area contributed by atoms with Crippen molar-refractivity contribution < 1.29 is 9.84 Å². The Kier molecular flexibility index (Phi) is 4.16. The normalized spacial score (nSPS) is 16.3. The highest BCUT2D eigenvalue weighted by Gasteiger charge is 2.36. The molecule has 1 heterocycles. The van der Waals surface area contributed by atoms with Gasteiger partial charge in [-0.15, -0.1) is 0 Å². The van der Waals surface area contributed by atoms with E-state index in [1.54, 1.807) is 0 Å². The fourth-order valence-corrected chi connectivity index (χ4v) is 3.05. The number of likely N-dealkylation sites (N-methyl/N-ethyl adjacent to an activating group) is 1. The molecule has 0 spiro atoms. The van der Waals surface area contributed by atoms with Gasteiger partial charge < -0.3 is 9.84 Å². The lowest BCUT2D eigenvalue weighted by molar-refractivity contribution is -0.00744. The maximum absolute atomic E-state index is 10.8. The summed E-state index contributed by atoms with van der Waals surface area (Å²) < 4.78 is 5.71. The van der Waals surface area contributed by atoms with E-state index in [-0.39, 0.29) is 5.54 Å². The van der Waals surface area contributed by atoms with Crippen molar-refractivity contribution in [3.05, 3.63) is 29.3 Å². The van der Waals surface area contributed by atoms with Crippen molar-refractivity contribution in [1.29, 1.82) is 0 Å². The molecule has 0 saturated carbocycles. The summed E-state index contributed by atoms with van der Waals surface area (Å²) in [6.07, 6.45) is 0.405. The van der Waals surface area contributed by atoms with Gasteiger partial charge in [-0.25, -0.2) is 0 Å². The maximum atomic E-state index is 10.8. The fraction of sp³-hybridized carbons (Fsp3) is 0.625. The Hall–Kier alpha value is -1.06. The second kappa shape index (κ2) is 5.51. The van der Waals surface area contributed by atoms with E-state index in [4.69, 9.17) is 4.74 Å². The molecule has 0 aliphatic carbocycles. The Labute approximate surface area is 116 Å². The van der Waals surface area contributed by atoms with Crippen LogP contribution in [0.2, 0.25) is 0 Å². The number of aliphatic hydroxyl groups excluding tert-OH is 1. The highest BCUT2D eigenvalue weighted by Crippen LogP contribution is 2.39. The third kappa shape index (κ3) is 2.49. The van der Waals surface area contributed by atoms with Gasteiger partial charge in [-0.2, -0.15) is 0 Å². The zero-order valence-electron chi connectivity index (χ0n) is 12.4. The molecule has 1 aromatic rings. The number of para-hydroxylation sites is 1. The smallest absolute Gasteiger partial charge is 0.128 e. The van der Waals surface area contributed by atoms with Crippen molar-refractivity contribution in [2.45, 2.75) is 45.8 Å². The quantitative estimate of drug-likeness (QED) is 0.886. The number of nitrogens with zero attached hydrogens (tertiary/aromatic N) is 1. The molecule has 19 heavy (non-hydrogen) atoms. The first kappa shape index (κ1) is 14.4. The van der Waals surface area contributed by atoms with Gasteiger partial charge in [-0.3, -0.25) is 4.90 Å². The first-order valence-corrected chi connectivity index (χ1v) is 7.20. The molecule has 0 fully saturated rings. The van der Waals surface area contributed by atoms with Crippen LogP contribution in [0.25, 0.3) is 0 Å². The van der Waals surface area contributed by atoms with E-state index in [2.05, 4.69) is 38.7 Å². The van der Waals surface area contributed by atoms with Crippen LogP contribution in [0.5, 0.6) is 5.75 Å². The number of fused-ring (bicyclic) bond motifs is 1. The SMILES string of the molecule is CCN(CC)C(C)(C)C(O)c1cccc2c1OCC2. The lowest BCUT2D eigenvalue weighted by Crippen LogP contribution is -2.48. The van der Waals surface area contributed by atoms with Gasteiger partial charge >= 0.3 is 0 Å². The molecule has 3 nitrogen and oxygen atoms in total. The van der Waals surface area contributed by atoms with Crippen LogP contribution in [0, 0.1) is 0 Å². The Morgan fingerprint density at radius 2 is 2.00 bits per heavy atom. The monoisotopic (exact) mass is 263 g/mol. The predicted octanol–water partition coefficient (Wildman–Crippen LogP) is 2.78. The predicted molar refractivity (Wildman–Crippen MR) is 77.6 cm³/mol. The maximum Gasteiger partial charge on any atom is 0.128 e. The van der Waals surface area contributed by atoms with Crippen LogP contribution in [0.1, 0.15) is 44.9 Å². The topological polar surface area (TPSA) is 32.7 Å². The zero-order chi connectivity index (χ0) is 14.0. The van der Waals surface area contributed by atoms with E-state index in [1.165, 1.54) is 5.56 Å². The molecular formula is C16H25NO2. The molecule has 0 saturated heterocycles. The summed E-state index contributed by atoms with van der Waals surface area (Å²) in [6, 6.07) is 6.09. The average molecular weight is 263 g/mol. The number of hydrogen-bond acceptors (Lipinski definition) is 3. The van der Waals surface area contributed by atoms with E-state index >= 15 is 0 Å². The Bertz CT molecular complexity index is 438. The van der Waals surface area contributed by atoms with Crippen molar-refractivity contribution in [3.63, 3.8) is 0 Å². The van der Waals surface area contributed by atoms with Gasteiger partial charge in [-0.1, -0.05) is 32.0 Å². The van der Waals surface area contributed by atoms with E-state index in [1.807, 2.05) is 12.1 Å². The Balaban J connectivity index is 2.34. The Morgan fingerprint density at radius 1 is 1.32 bits per heavy atom. The molecule has 1 N–H and O–H groups in total. The van der Waals surface area contributed by atoms with Crippen LogP contribution >= 0.6 is 0 Å². The number of hydrogen-bond donors (Lipinski definition) is 1. The highest BCUT2D eigenvalue weighted by atomic mass is 16.5. The standard InChI is InChI=1S/C16H25NO2/c1-5-17(6-2)16(3,4)15(18)13-9-7-8-12-10-11-19-14(12)13/h7-9,15,18H,5-6,10-11H2,1-4H3. The zero-order valence-corrected chi connectivity index (χ0v) is 12.4. The summed E-state index contributed by atoms with van der Waals surface area (Å²) in [6.45, 7) is 11.0. The van der Waals surface area contributed by atoms with Crippen molar-refractivity contribution >= 4 is 0 Å². The number of benzene rings is 1. The largest absolute Gasteiger partial charge is 0.493 e. The molecule has 2 rings (SSSR count). The average Bonchev–Trinajstić information content (AvgIpc) is 2.87. The first-order valence-electron chi connectivity index (χ1n) is 7.20. The molecule has 1 aromatic carbocycles. The van der Waals surface area contributed by atoms with Crippen LogP contribution in [0.4, 0.5) is 0 Å². The molecule has 1 atom stereocenters. The van der Waals surface area contributed by atoms with E-state index < -0.39 is 6.10 Å². The number of aliphatic hydroxyl groups is 1. The second-order valence-electron chi connectivity index (χ2n) is 5.66. The Morgan fingerprint density at radius 3 is 2.63 bits per heavy atom.